The van der Waals surface area contributed by atoms with Crippen molar-refractivity contribution in [1.82, 2.24) is 0 Å². The summed E-state index contributed by atoms with van der Waals surface area (Å²) < 4.78 is 18.1. The predicted molar refractivity (Wildman–Crippen MR) is 64.9 cm³/mol. The van der Waals surface area contributed by atoms with E-state index in [0.29, 0.717) is 10.0 Å². The number of halogens is 2. The van der Waals surface area contributed by atoms with E-state index in [0.717, 1.165) is 0 Å². The van der Waals surface area contributed by atoms with Crippen LogP contribution in [0.25, 0.3) is 0 Å². The van der Waals surface area contributed by atoms with E-state index in [1.54, 1.807) is 6.92 Å². The van der Waals surface area contributed by atoms with Crippen LogP contribution in [0.15, 0.2) is 22.7 Å². The Labute approximate surface area is 108 Å². The molecular weight excluding hydrogens is 291 g/mol. The minimum absolute atomic E-state index is 0.176. The van der Waals surface area contributed by atoms with Gasteiger partial charge in [0, 0.05) is 4.47 Å². The highest BCUT2D eigenvalue weighted by Crippen LogP contribution is 2.31. The first kappa shape index (κ1) is 14.1. The molecule has 5 heteroatoms. The number of ether oxygens (including phenoxy) is 1. The Bertz CT molecular complexity index is 418. The zero-order chi connectivity index (χ0) is 13.1. The number of benzene rings is 1. The van der Waals surface area contributed by atoms with Gasteiger partial charge in [0.15, 0.2) is 0 Å². The minimum atomic E-state index is -1.39. The zero-order valence-electron chi connectivity index (χ0n) is 9.67. The molecule has 1 unspecified atom stereocenters. The van der Waals surface area contributed by atoms with Gasteiger partial charge in [-0.05, 0) is 31.5 Å². The fourth-order valence-corrected chi connectivity index (χ4v) is 2.29. The van der Waals surface area contributed by atoms with Crippen LogP contribution in [0.4, 0.5) is 4.39 Å². The lowest BCUT2D eigenvalue weighted by molar-refractivity contribution is -0.148. The van der Waals surface area contributed by atoms with Crippen molar-refractivity contribution in [2.45, 2.75) is 25.9 Å². The first-order valence-corrected chi connectivity index (χ1v) is 5.99. The van der Waals surface area contributed by atoms with E-state index < -0.39 is 17.4 Å². The molecule has 1 rings (SSSR count). The second-order valence-electron chi connectivity index (χ2n) is 3.88. The lowest BCUT2D eigenvalue weighted by atomic mass is 9.92. The smallest absolute Gasteiger partial charge is 0.309 e. The summed E-state index contributed by atoms with van der Waals surface area (Å²) >= 11 is 3.16. The molecule has 0 aliphatic rings. The van der Waals surface area contributed by atoms with E-state index in [1.165, 1.54) is 25.1 Å². The molecule has 1 N–H and O–H groups in total. The average molecular weight is 305 g/mol. The molecular formula is C12H14BrFO3. The fraction of sp³-hybridized carbons (Fsp3) is 0.417. The minimum Gasteiger partial charge on any atom is -0.466 e. The number of rotatable bonds is 4. The molecule has 0 aromatic heterocycles. The van der Waals surface area contributed by atoms with Crippen molar-refractivity contribution in [3.63, 3.8) is 0 Å². The van der Waals surface area contributed by atoms with Crippen LogP contribution in [-0.2, 0) is 15.1 Å². The number of aliphatic hydroxyl groups is 1. The molecule has 17 heavy (non-hydrogen) atoms. The molecule has 1 aromatic rings. The Balaban J connectivity index is 2.92. The van der Waals surface area contributed by atoms with Gasteiger partial charge in [0.25, 0.3) is 0 Å². The maximum atomic E-state index is 12.9. The van der Waals surface area contributed by atoms with Gasteiger partial charge < -0.3 is 9.84 Å². The van der Waals surface area contributed by atoms with E-state index in [-0.39, 0.29) is 13.0 Å². The molecule has 1 aromatic carbocycles. The largest absolute Gasteiger partial charge is 0.466 e. The third-order valence-electron chi connectivity index (χ3n) is 2.31. The highest BCUT2D eigenvalue weighted by molar-refractivity contribution is 9.10. The number of esters is 1. The van der Waals surface area contributed by atoms with Crippen molar-refractivity contribution in [2.24, 2.45) is 0 Å². The zero-order valence-corrected chi connectivity index (χ0v) is 11.3. The second kappa shape index (κ2) is 5.60. The van der Waals surface area contributed by atoms with Crippen molar-refractivity contribution in [3.05, 3.63) is 34.1 Å². The monoisotopic (exact) mass is 304 g/mol. The molecule has 0 saturated carbocycles. The first-order valence-electron chi connectivity index (χ1n) is 5.20. The van der Waals surface area contributed by atoms with Crippen LogP contribution in [0.5, 0.6) is 0 Å². The summed E-state index contributed by atoms with van der Waals surface area (Å²) in [4.78, 5) is 11.3. The molecule has 0 aliphatic heterocycles. The molecule has 0 radical (unpaired) electrons. The molecule has 0 heterocycles. The Kier molecular flexibility index (Phi) is 4.65. The van der Waals surface area contributed by atoms with E-state index in [2.05, 4.69) is 15.9 Å². The molecule has 94 valence electrons. The fourth-order valence-electron chi connectivity index (χ4n) is 1.51. The van der Waals surface area contributed by atoms with Gasteiger partial charge in [0.1, 0.15) is 5.82 Å². The normalized spacial score (nSPS) is 14.2. The first-order chi connectivity index (χ1) is 7.86. The lowest BCUT2D eigenvalue weighted by Crippen LogP contribution is -2.26. The molecule has 0 fully saturated rings. The Morgan fingerprint density at radius 3 is 2.76 bits per heavy atom. The Hall–Kier alpha value is -0.940. The van der Waals surface area contributed by atoms with Gasteiger partial charge >= 0.3 is 5.97 Å². The number of hydrogen-bond acceptors (Lipinski definition) is 3. The van der Waals surface area contributed by atoms with E-state index in [9.17, 15) is 14.3 Å². The van der Waals surface area contributed by atoms with Crippen molar-refractivity contribution in [2.75, 3.05) is 6.61 Å². The Morgan fingerprint density at radius 2 is 2.24 bits per heavy atom. The Morgan fingerprint density at radius 1 is 1.59 bits per heavy atom. The summed E-state index contributed by atoms with van der Waals surface area (Å²) in [5.74, 6) is -0.902. The molecule has 0 aliphatic carbocycles. The highest BCUT2D eigenvalue weighted by atomic mass is 79.9. The average Bonchev–Trinajstić information content (AvgIpc) is 2.15. The van der Waals surface area contributed by atoms with E-state index in [1.807, 2.05) is 0 Å². The predicted octanol–water partition coefficient (Wildman–Crippen LogP) is 2.75. The lowest BCUT2D eigenvalue weighted by Gasteiger charge is -2.24. The van der Waals surface area contributed by atoms with Crippen molar-refractivity contribution in [3.8, 4) is 0 Å². The number of carbonyl (C=O) groups is 1. The van der Waals surface area contributed by atoms with Crippen molar-refractivity contribution in [1.29, 1.82) is 0 Å². The molecule has 0 saturated heterocycles. The summed E-state index contributed by atoms with van der Waals surface area (Å²) in [5, 5.41) is 10.2. The van der Waals surface area contributed by atoms with Gasteiger partial charge in [0.2, 0.25) is 0 Å². The van der Waals surface area contributed by atoms with Gasteiger partial charge in [-0.2, -0.15) is 0 Å². The van der Waals surface area contributed by atoms with Crippen LogP contribution in [0, 0.1) is 5.82 Å². The van der Waals surface area contributed by atoms with Crippen LogP contribution in [0.3, 0.4) is 0 Å². The molecule has 1 atom stereocenters. The van der Waals surface area contributed by atoms with E-state index >= 15 is 0 Å². The van der Waals surface area contributed by atoms with Crippen LogP contribution < -0.4 is 0 Å². The summed E-state index contributed by atoms with van der Waals surface area (Å²) in [6, 6.07) is 3.92. The van der Waals surface area contributed by atoms with E-state index in [4.69, 9.17) is 4.74 Å². The quantitative estimate of drug-likeness (QED) is 0.870. The van der Waals surface area contributed by atoms with Gasteiger partial charge in [-0.25, -0.2) is 4.39 Å². The van der Waals surface area contributed by atoms with Crippen LogP contribution in [0.1, 0.15) is 25.8 Å². The summed E-state index contributed by atoms with van der Waals surface area (Å²) in [6.07, 6.45) is -0.176. The van der Waals surface area contributed by atoms with Crippen LogP contribution >= 0.6 is 15.9 Å². The summed E-state index contributed by atoms with van der Waals surface area (Å²) in [6.45, 7) is 3.45. The summed E-state index contributed by atoms with van der Waals surface area (Å²) in [5.41, 5.74) is -0.939. The molecule has 0 amide bonds. The molecule has 0 bridgehead atoms. The topological polar surface area (TPSA) is 46.5 Å². The SMILES string of the molecule is CCOC(=O)CC(C)(O)c1ccc(F)cc1Br. The van der Waals surface area contributed by atoms with Crippen LogP contribution in [-0.4, -0.2) is 17.7 Å². The number of hydrogen-bond donors (Lipinski definition) is 1. The van der Waals surface area contributed by atoms with Gasteiger partial charge in [-0.3, -0.25) is 4.79 Å². The van der Waals surface area contributed by atoms with Gasteiger partial charge in [-0.15, -0.1) is 0 Å². The van der Waals surface area contributed by atoms with Crippen LogP contribution in [0.2, 0.25) is 0 Å². The summed E-state index contributed by atoms with van der Waals surface area (Å²) in [7, 11) is 0. The molecule has 0 spiro atoms. The second-order valence-corrected chi connectivity index (χ2v) is 4.73. The highest BCUT2D eigenvalue weighted by Gasteiger charge is 2.29. The van der Waals surface area contributed by atoms with Gasteiger partial charge in [0.05, 0.1) is 18.6 Å². The van der Waals surface area contributed by atoms with Gasteiger partial charge in [-0.1, -0.05) is 22.0 Å². The maximum absolute atomic E-state index is 12.9. The molecule has 3 nitrogen and oxygen atoms in total. The van der Waals surface area contributed by atoms with Crippen molar-refractivity contribution >= 4 is 21.9 Å². The maximum Gasteiger partial charge on any atom is 0.309 e. The number of carbonyl (C=O) groups excluding carboxylic acids is 1. The van der Waals surface area contributed by atoms with Crippen molar-refractivity contribution < 1.29 is 19.0 Å². The third-order valence-corrected chi connectivity index (χ3v) is 2.96. The third kappa shape index (κ3) is 3.78. The standard InChI is InChI=1S/C12H14BrFO3/c1-3-17-11(15)7-12(2,16)9-5-4-8(14)6-10(9)13/h4-6,16H,3,7H2,1-2H3.